The van der Waals surface area contributed by atoms with Crippen LogP contribution in [0.25, 0.3) is 0 Å². The van der Waals surface area contributed by atoms with Crippen LogP contribution in [-0.4, -0.2) is 19.0 Å². The second kappa shape index (κ2) is 5.86. The summed E-state index contributed by atoms with van der Waals surface area (Å²) in [5.41, 5.74) is 0. The monoisotopic (exact) mass is 292 g/mol. The third-order valence-corrected chi connectivity index (χ3v) is 5.25. The number of carbonyl (C=O) groups is 1. The summed E-state index contributed by atoms with van der Waals surface area (Å²) < 4.78 is 0. The van der Waals surface area contributed by atoms with Crippen LogP contribution in [0.2, 0.25) is 0 Å². The molecular formula is C14H16N2OS2. The first-order chi connectivity index (χ1) is 9.34. The Balaban J connectivity index is 1.78. The van der Waals surface area contributed by atoms with Gasteiger partial charge in [0.05, 0.1) is 12.0 Å². The molecule has 0 bridgehead atoms. The number of hydrogen-bond donors (Lipinski definition) is 2. The Morgan fingerprint density at radius 1 is 1.26 bits per heavy atom. The molecule has 1 fully saturated rings. The first-order valence-electron chi connectivity index (χ1n) is 6.42. The number of thiophene rings is 2. The van der Waals surface area contributed by atoms with E-state index in [0.717, 1.165) is 19.5 Å². The lowest BCUT2D eigenvalue weighted by Gasteiger charge is -2.18. The minimum absolute atomic E-state index is 0.00750. The predicted molar refractivity (Wildman–Crippen MR) is 79.6 cm³/mol. The van der Waals surface area contributed by atoms with E-state index in [2.05, 4.69) is 33.5 Å². The van der Waals surface area contributed by atoms with E-state index in [1.165, 1.54) is 9.75 Å². The predicted octanol–water partition coefficient (Wildman–Crippen LogP) is 2.62. The zero-order valence-corrected chi connectivity index (χ0v) is 12.1. The number of amides is 1. The van der Waals surface area contributed by atoms with Crippen LogP contribution in [0.15, 0.2) is 35.0 Å². The van der Waals surface area contributed by atoms with Crippen LogP contribution in [0, 0.1) is 5.92 Å². The lowest BCUT2D eigenvalue weighted by molar-refractivity contribution is -0.124. The van der Waals surface area contributed by atoms with Crippen LogP contribution in [0.4, 0.5) is 0 Å². The van der Waals surface area contributed by atoms with E-state index in [-0.39, 0.29) is 17.9 Å². The summed E-state index contributed by atoms with van der Waals surface area (Å²) in [6.07, 6.45) is 0.938. The molecule has 100 valence electrons. The Morgan fingerprint density at radius 3 is 2.42 bits per heavy atom. The number of hydrogen-bond acceptors (Lipinski definition) is 4. The smallest absolute Gasteiger partial charge is 0.225 e. The molecule has 0 aromatic carbocycles. The fourth-order valence-corrected chi connectivity index (χ4v) is 3.99. The summed E-state index contributed by atoms with van der Waals surface area (Å²) in [4.78, 5) is 14.7. The maximum absolute atomic E-state index is 12.3. The maximum atomic E-state index is 12.3. The van der Waals surface area contributed by atoms with Gasteiger partial charge in [-0.1, -0.05) is 12.1 Å². The van der Waals surface area contributed by atoms with E-state index >= 15 is 0 Å². The first kappa shape index (κ1) is 12.8. The number of nitrogens with one attached hydrogen (secondary N) is 2. The van der Waals surface area contributed by atoms with Crippen molar-refractivity contribution in [1.82, 2.24) is 10.6 Å². The van der Waals surface area contributed by atoms with E-state index < -0.39 is 0 Å². The van der Waals surface area contributed by atoms with Crippen LogP contribution in [0.3, 0.4) is 0 Å². The van der Waals surface area contributed by atoms with Crippen LogP contribution < -0.4 is 10.6 Å². The van der Waals surface area contributed by atoms with Crippen molar-refractivity contribution in [3.05, 3.63) is 44.8 Å². The molecule has 1 amide bonds. The molecule has 1 atom stereocenters. The van der Waals surface area contributed by atoms with Gasteiger partial charge in [0.2, 0.25) is 5.91 Å². The molecule has 0 aliphatic carbocycles. The topological polar surface area (TPSA) is 41.1 Å². The van der Waals surface area contributed by atoms with Crippen molar-refractivity contribution in [2.24, 2.45) is 5.92 Å². The third kappa shape index (κ3) is 2.88. The van der Waals surface area contributed by atoms with Gasteiger partial charge in [-0.25, -0.2) is 0 Å². The molecule has 19 heavy (non-hydrogen) atoms. The second-order valence-corrected chi connectivity index (χ2v) is 6.62. The van der Waals surface area contributed by atoms with Crippen molar-refractivity contribution in [2.45, 2.75) is 12.5 Å². The summed E-state index contributed by atoms with van der Waals surface area (Å²) >= 11 is 3.38. The van der Waals surface area contributed by atoms with E-state index in [1.807, 2.05) is 12.1 Å². The molecule has 3 nitrogen and oxygen atoms in total. The van der Waals surface area contributed by atoms with E-state index in [4.69, 9.17) is 0 Å². The van der Waals surface area contributed by atoms with Gasteiger partial charge in [-0.3, -0.25) is 4.79 Å². The van der Waals surface area contributed by atoms with Gasteiger partial charge >= 0.3 is 0 Å². The molecule has 3 heterocycles. The summed E-state index contributed by atoms with van der Waals surface area (Å²) in [7, 11) is 0. The van der Waals surface area contributed by atoms with Gasteiger partial charge in [-0.15, -0.1) is 22.7 Å². The highest BCUT2D eigenvalue weighted by molar-refractivity contribution is 7.11. The van der Waals surface area contributed by atoms with Gasteiger partial charge in [0.1, 0.15) is 0 Å². The van der Waals surface area contributed by atoms with Crippen molar-refractivity contribution in [3.63, 3.8) is 0 Å². The Labute approximate surface area is 120 Å². The second-order valence-electron chi connectivity index (χ2n) is 4.66. The fourth-order valence-electron chi connectivity index (χ4n) is 2.33. The van der Waals surface area contributed by atoms with Gasteiger partial charge in [0.25, 0.3) is 0 Å². The summed E-state index contributed by atoms with van der Waals surface area (Å²) in [5, 5.41) is 10.6. The molecule has 1 aliphatic heterocycles. The van der Waals surface area contributed by atoms with E-state index in [9.17, 15) is 4.79 Å². The molecule has 1 unspecified atom stereocenters. The van der Waals surface area contributed by atoms with Crippen molar-refractivity contribution in [3.8, 4) is 0 Å². The van der Waals surface area contributed by atoms with Crippen molar-refractivity contribution >= 4 is 28.6 Å². The van der Waals surface area contributed by atoms with E-state index in [0.29, 0.717) is 0 Å². The molecule has 2 aromatic rings. The SMILES string of the molecule is O=C(NC(c1cccs1)c1cccs1)C1CCNC1. The highest BCUT2D eigenvalue weighted by Gasteiger charge is 2.26. The van der Waals surface area contributed by atoms with Gasteiger partial charge in [-0.2, -0.15) is 0 Å². The Kier molecular flexibility index (Phi) is 3.96. The molecule has 2 N–H and O–H groups in total. The summed E-state index contributed by atoms with van der Waals surface area (Å²) in [6, 6.07) is 8.24. The minimum Gasteiger partial charge on any atom is -0.343 e. The Morgan fingerprint density at radius 2 is 1.95 bits per heavy atom. The van der Waals surface area contributed by atoms with Crippen molar-refractivity contribution in [1.29, 1.82) is 0 Å². The van der Waals surface area contributed by atoms with Gasteiger partial charge in [0.15, 0.2) is 0 Å². The lowest BCUT2D eigenvalue weighted by Crippen LogP contribution is -2.34. The molecule has 5 heteroatoms. The van der Waals surface area contributed by atoms with E-state index in [1.54, 1.807) is 22.7 Å². The summed E-state index contributed by atoms with van der Waals surface area (Å²) in [6.45, 7) is 1.74. The molecule has 2 aromatic heterocycles. The molecular weight excluding hydrogens is 276 g/mol. The Bertz CT molecular complexity index is 481. The average Bonchev–Trinajstić information content (AvgIpc) is 3.17. The standard InChI is InChI=1S/C14H16N2OS2/c17-14(10-5-6-15-9-10)16-13(11-3-1-7-18-11)12-4-2-8-19-12/h1-4,7-8,10,13,15H,5-6,9H2,(H,16,17). The lowest BCUT2D eigenvalue weighted by atomic mass is 10.1. The van der Waals surface area contributed by atoms with Crippen LogP contribution in [0.5, 0.6) is 0 Å². The van der Waals surface area contributed by atoms with Crippen molar-refractivity contribution < 1.29 is 4.79 Å². The molecule has 0 saturated carbocycles. The average molecular weight is 292 g/mol. The number of carbonyl (C=O) groups excluding carboxylic acids is 1. The van der Waals surface area contributed by atoms with Crippen LogP contribution >= 0.6 is 22.7 Å². The number of rotatable bonds is 4. The molecule has 0 spiro atoms. The molecule has 1 aliphatic rings. The van der Waals surface area contributed by atoms with Gasteiger partial charge in [-0.05, 0) is 35.9 Å². The maximum Gasteiger partial charge on any atom is 0.225 e. The summed E-state index contributed by atoms with van der Waals surface area (Å²) in [5.74, 6) is 0.277. The largest absolute Gasteiger partial charge is 0.343 e. The van der Waals surface area contributed by atoms with Gasteiger partial charge in [0, 0.05) is 16.3 Å². The zero-order chi connectivity index (χ0) is 13.1. The fraction of sp³-hybridized carbons (Fsp3) is 0.357. The van der Waals surface area contributed by atoms with Crippen molar-refractivity contribution in [2.75, 3.05) is 13.1 Å². The Hall–Kier alpha value is -1.17. The van der Waals surface area contributed by atoms with Gasteiger partial charge < -0.3 is 10.6 Å². The normalized spacial score (nSPS) is 18.9. The molecule has 0 radical (unpaired) electrons. The molecule has 1 saturated heterocycles. The molecule has 3 rings (SSSR count). The first-order valence-corrected chi connectivity index (χ1v) is 8.18. The quantitative estimate of drug-likeness (QED) is 0.909. The highest BCUT2D eigenvalue weighted by atomic mass is 32.1. The zero-order valence-electron chi connectivity index (χ0n) is 10.5. The highest BCUT2D eigenvalue weighted by Crippen LogP contribution is 2.29. The van der Waals surface area contributed by atoms with Crippen LogP contribution in [0.1, 0.15) is 22.2 Å². The third-order valence-electron chi connectivity index (χ3n) is 3.37. The van der Waals surface area contributed by atoms with Crippen LogP contribution in [-0.2, 0) is 4.79 Å². The minimum atomic E-state index is 0.00750.